The van der Waals surface area contributed by atoms with Crippen molar-refractivity contribution in [2.24, 2.45) is 0 Å². The van der Waals surface area contributed by atoms with Gasteiger partial charge in [-0.3, -0.25) is 9.59 Å². The number of aliphatic hydroxyl groups is 2. The van der Waals surface area contributed by atoms with Crippen molar-refractivity contribution in [2.75, 3.05) is 13.2 Å². The lowest BCUT2D eigenvalue weighted by Gasteiger charge is -2.20. The number of rotatable bonds is 56. The molecule has 0 aromatic heterocycles. The van der Waals surface area contributed by atoms with Gasteiger partial charge in [0, 0.05) is 12.8 Å². The summed E-state index contributed by atoms with van der Waals surface area (Å²) < 4.78 is 5.42. The molecule has 404 valence electrons. The van der Waals surface area contributed by atoms with E-state index in [4.69, 9.17) is 4.74 Å². The van der Waals surface area contributed by atoms with E-state index in [0.29, 0.717) is 19.4 Å². The van der Waals surface area contributed by atoms with Gasteiger partial charge in [-0.2, -0.15) is 0 Å². The van der Waals surface area contributed by atoms with Crippen LogP contribution in [0.15, 0.2) is 48.6 Å². The molecule has 0 bridgehead atoms. The summed E-state index contributed by atoms with van der Waals surface area (Å²) in [4.78, 5) is 24.5. The molecule has 0 saturated heterocycles. The molecule has 6 heteroatoms. The van der Waals surface area contributed by atoms with Crippen LogP contribution in [-0.2, 0) is 14.3 Å². The Morgan fingerprint density at radius 2 is 0.725 bits per heavy atom. The Bertz CT molecular complexity index is 1160. The molecule has 1 amide bonds. The molecule has 2 atom stereocenters. The highest BCUT2D eigenvalue weighted by Gasteiger charge is 2.18. The van der Waals surface area contributed by atoms with E-state index >= 15 is 0 Å². The van der Waals surface area contributed by atoms with Crippen molar-refractivity contribution < 1.29 is 24.5 Å². The molecule has 0 rings (SSSR count). The number of aliphatic hydroxyl groups excluding tert-OH is 2. The normalized spacial score (nSPS) is 12.9. The summed E-state index contributed by atoms with van der Waals surface area (Å²) in [6.45, 7) is 4.79. The van der Waals surface area contributed by atoms with E-state index in [9.17, 15) is 19.8 Å². The van der Waals surface area contributed by atoms with E-state index in [1.165, 1.54) is 238 Å². The minimum absolute atomic E-state index is 0.0395. The summed E-state index contributed by atoms with van der Waals surface area (Å²) in [6, 6.07) is -0.632. The van der Waals surface area contributed by atoms with Crippen LogP contribution in [0.5, 0.6) is 0 Å². The van der Waals surface area contributed by atoms with Crippen molar-refractivity contribution in [1.29, 1.82) is 0 Å². The second-order valence-electron chi connectivity index (χ2n) is 20.7. The summed E-state index contributed by atoms with van der Waals surface area (Å²) in [5, 5.41) is 23.1. The van der Waals surface area contributed by atoms with Gasteiger partial charge in [-0.1, -0.05) is 274 Å². The fraction of sp³-hybridized carbons (Fsp3) is 0.841. The molecule has 0 fully saturated rings. The first kappa shape index (κ1) is 66.8. The number of hydrogen-bond acceptors (Lipinski definition) is 5. The van der Waals surface area contributed by atoms with E-state index in [-0.39, 0.29) is 18.5 Å². The molecular weight excluding hydrogens is 851 g/mol. The highest BCUT2D eigenvalue weighted by atomic mass is 16.5. The van der Waals surface area contributed by atoms with Crippen molar-refractivity contribution in [3.05, 3.63) is 48.6 Å². The van der Waals surface area contributed by atoms with Crippen LogP contribution < -0.4 is 5.32 Å². The van der Waals surface area contributed by atoms with Crippen LogP contribution in [0, 0.1) is 0 Å². The number of esters is 1. The lowest BCUT2D eigenvalue weighted by atomic mass is 10.0. The van der Waals surface area contributed by atoms with Gasteiger partial charge in [0.1, 0.15) is 0 Å². The standard InChI is InChI=1S/C63H117NO5/c1-3-5-7-9-11-13-15-17-19-25-29-33-37-41-45-49-53-57-63(68)69-58-54-50-46-42-38-34-30-27-24-22-20-21-23-26-28-32-36-40-44-48-52-56-62(67)64-60(59-65)61(66)55-51-47-43-39-35-31-18-16-14-12-10-8-6-4-2/h17,19,34,38,46,50-51,55,60-61,65-66H,3-16,18,20-33,35-37,39-45,47-49,52-54,56-59H2,1-2H3,(H,64,67)/b19-17-,38-34-,50-46-,55-51+. The average molecular weight is 969 g/mol. The maximum Gasteiger partial charge on any atom is 0.305 e. The molecule has 0 aliphatic carbocycles. The first-order chi connectivity index (χ1) is 34.0. The number of amides is 1. The van der Waals surface area contributed by atoms with Gasteiger partial charge in [0.05, 0.1) is 25.4 Å². The highest BCUT2D eigenvalue weighted by Crippen LogP contribution is 2.16. The van der Waals surface area contributed by atoms with Crippen LogP contribution in [0.3, 0.4) is 0 Å². The van der Waals surface area contributed by atoms with E-state index in [1.807, 2.05) is 6.08 Å². The second-order valence-corrected chi connectivity index (χ2v) is 20.7. The first-order valence-corrected chi connectivity index (χ1v) is 30.4. The predicted molar refractivity (Wildman–Crippen MR) is 301 cm³/mol. The molecule has 0 aromatic rings. The third-order valence-electron chi connectivity index (χ3n) is 13.8. The summed E-state index contributed by atoms with van der Waals surface area (Å²) in [5.41, 5.74) is 0. The smallest absolute Gasteiger partial charge is 0.305 e. The summed E-state index contributed by atoms with van der Waals surface area (Å²) in [7, 11) is 0. The molecular formula is C63H117NO5. The Hall–Kier alpha value is -2.18. The van der Waals surface area contributed by atoms with Crippen LogP contribution in [0.4, 0.5) is 0 Å². The van der Waals surface area contributed by atoms with Crippen LogP contribution in [0.2, 0.25) is 0 Å². The van der Waals surface area contributed by atoms with E-state index in [2.05, 4.69) is 55.6 Å². The van der Waals surface area contributed by atoms with Crippen molar-refractivity contribution in [2.45, 2.75) is 328 Å². The van der Waals surface area contributed by atoms with Gasteiger partial charge in [-0.05, 0) is 77.0 Å². The van der Waals surface area contributed by atoms with Gasteiger partial charge < -0.3 is 20.3 Å². The van der Waals surface area contributed by atoms with Gasteiger partial charge in [0.2, 0.25) is 5.91 Å². The molecule has 3 N–H and O–H groups in total. The molecule has 6 nitrogen and oxygen atoms in total. The second kappa shape index (κ2) is 58.4. The van der Waals surface area contributed by atoms with Crippen molar-refractivity contribution in [3.8, 4) is 0 Å². The average Bonchev–Trinajstić information content (AvgIpc) is 3.35. The zero-order valence-corrected chi connectivity index (χ0v) is 46.0. The Balaban J connectivity index is 3.47. The van der Waals surface area contributed by atoms with Crippen LogP contribution in [-0.4, -0.2) is 47.4 Å². The monoisotopic (exact) mass is 968 g/mol. The molecule has 2 unspecified atom stereocenters. The van der Waals surface area contributed by atoms with Gasteiger partial charge >= 0.3 is 5.97 Å². The largest absolute Gasteiger partial charge is 0.465 e. The molecule has 0 aliphatic heterocycles. The number of carbonyl (C=O) groups is 2. The zero-order valence-electron chi connectivity index (χ0n) is 46.0. The third-order valence-corrected chi connectivity index (χ3v) is 13.8. The fourth-order valence-electron chi connectivity index (χ4n) is 9.17. The topological polar surface area (TPSA) is 95.9 Å². The van der Waals surface area contributed by atoms with Crippen LogP contribution in [0.25, 0.3) is 0 Å². The number of hydrogen-bond donors (Lipinski definition) is 3. The number of unbranched alkanes of at least 4 members (excludes halogenated alkanes) is 39. The third kappa shape index (κ3) is 55.0. The summed E-state index contributed by atoms with van der Waals surface area (Å²) >= 11 is 0. The molecule has 0 saturated carbocycles. The molecule has 0 aromatic carbocycles. The minimum atomic E-state index is -0.848. The van der Waals surface area contributed by atoms with E-state index in [0.717, 1.165) is 51.4 Å². The van der Waals surface area contributed by atoms with Crippen molar-refractivity contribution >= 4 is 11.9 Å². The van der Waals surface area contributed by atoms with E-state index < -0.39 is 12.1 Å². The van der Waals surface area contributed by atoms with Crippen LogP contribution >= 0.6 is 0 Å². The van der Waals surface area contributed by atoms with Crippen molar-refractivity contribution in [1.82, 2.24) is 5.32 Å². The number of allylic oxidation sites excluding steroid dienone is 6. The zero-order chi connectivity index (χ0) is 50.0. The Kier molecular flexibility index (Phi) is 56.5. The van der Waals surface area contributed by atoms with Gasteiger partial charge in [0.15, 0.2) is 0 Å². The predicted octanol–water partition coefficient (Wildman–Crippen LogP) is 19.0. The molecule has 0 heterocycles. The first-order valence-electron chi connectivity index (χ1n) is 30.4. The maximum absolute atomic E-state index is 12.5. The minimum Gasteiger partial charge on any atom is -0.465 e. The van der Waals surface area contributed by atoms with E-state index in [1.54, 1.807) is 6.08 Å². The summed E-state index contributed by atoms with van der Waals surface area (Å²) in [6.07, 6.45) is 74.4. The Labute approximate surface area is 429 Å². The van der Waals surface area contributed by atoms with Gasteiger partial charge in [0.25, 0.3) is 0 Å². The number of nitrogens with one attached hydrogen (secondary N) is 1. The fourth-order valence-corrected chi connectivity index (χ4v) is 9.17. The Morgan fingerprint density at radius 3 is 1.12 bits per heavy atom. The van der Waals surface area contributed by atoms with Crippen LogP contribution in [0.1, 0.15) is 316 Å². The molecule has 69 heavy (non-hydrogen) atoms. The molecule has 0 aliphatic rings. The molecule has 0 radical (unpaired) electrons. The highest BCUT2D eigenvalue weighted by molar-refractivity contribution is 5.76. The number of carbonyl (C=O) groups excluding carboxylic acids is 2. The van der Waals surface area contributed by atoms with Gasteiger partial charge in [-0.15, -0.1) is 0 Å². The quantitative estimate of drug-likeness (QED) is 0.0321. The Morgan fingerprint density at radius 1 is 0.406 bits per heavy atom. The van der Waals surface area contributed by atoms with Gasteiger partial charge in [-0.25, -0.2) is 0 Å². The summed E-state index contributed by atoms with van der Waals surface area (Å²) in [5.74, 6) is -0.112. The number of ether oxygens (including phenoxy) is 1. The SMILES string of the molecule is CCCCCCCC/C=C\CCCCCCCCCC(=O)OCC/C=C\C/C=C\CCCCCCCCCCCCCCCCC(=O)NC(CO)C(O)/C=C/CCCCCCCCCCCCCC. The van der Waals surface area contributed by atoms with Crippen molar-refractivity contribution in [3.63, 3.8) is 0 Å². The maximum atomic E-state index is 12.5. The lowest BCUT2D eigenvalue weighted by Crippen LogP contribution is -2.45. The lowest BCUT2D eigenvalue weighted by molar-refractivity contribution is -0.143. The molecule has 0 spiro atoms.